The van der Waals surface area contributed by atoms with Crippen molar-refractivity contribution in [1.82, 2.24) is 5.32 Å². The first-order valence-corrected chi connectivity index (χ1v) is 6.87. The van der Waals surface area contributed by atoms with Gasteiger partial charge in [-0.25, -0.2) is 0 Å². The summed E-state index contributed by atoms with van der Waals surface area (Å²) in [5.41, 5.74) is 1.12. The fourth-order valence-corrected chi connectivity index (χ4v) is 2.54. The van der Waals surface area contributed by atoms with E-state index in [4.69, 9.17) is 4.74 Å². The summed E-state index contributed by atoms with van der Waals surface area (Å²) < 4.78 is 6.27. The molecular weight excluding hydrogens is 280 g/mol. The van der Waals surface area contributed by atoms with Crippen molar-refractivity contribution in [2.24, 2.45) is 5.92 Å². The number of piperidine rings is 1. The monoisotopic (exact) mass is 298 g/mol. The van der Waals surface area contributed by atoms with Gasteiger partial charge >= 0.3 is 0 Å². The van der Waals surface area contributed by atoms with Crippen LogP contribution in [0.2, 0.25) is 0 Å². The van der Waals surface area contributed by atoms with Gasteiger partial charge in [0.2, 0.25) is 0 Å². The molecule has 1 atom stereocenters. The van der Waals surface area contributed by atoms with Crippen molar-refractivity contribution < 1.29 is 4.74 Å². The van der Waals surface area contributed by atoms with Crippen LogP contribution < -0.4 is 15.4 Å². The highest BCUT2D eigenvalue weighted by Crippen LogP contribution is 2.28. The Balaban J connectivity index is 1.89. The van der Waals surface area contributed by atoms with E-state index in [0.717, 1.165) is 34.9 Å². The Labute approximate surface area is 111 Å². The fraction of sp³-hybridized carbons (Fsp3) is 0.538. The molecule has 2 N–H and O–H groups in total. The number of benzene rings is 1. The van der Waals surface area contributed by atoms with Crippen LogP contribution in [0.1, 0.15) is 12.8 Å². The maximum Gasteiger partial charge on any atom is 0.135 e. The topological polar surface area (TPSA) is 33.3 Å². The predicted octanol–water partition coefficient (Wildman–Crippen LogP) is 2.87. The summed E-state index contributed by atoms with van der Waals surface area (Å²) in [6, 6.07) is 6.11. The molecule has 1 aromatic rings. The lowest BCUT2D eigenvalue weighted by molar-refractivity contribution is 0.392. The maximum atomic E-state index is 5.28. The molecule has 1 fully saturated rings. The summed E-state index contributed by atoms with van der Waals surface area (Å²) >= 11 is 3.46. The van der Waals surface area contributed by atoms with E-state index in [1.54, 1.807) is 7.11 Å². The van der Waals surface area contributed by atoms with Gasteiger partial charge in [-0.05, 0) is 59.9 Å². The lowest BCUT2D eigenvalue weighted by Crippen LogP contribution is -2.33. The average molecular weight is 299 g/mol. The van der Waals surface area contributed by atoms with Crippen molar-refractivity contribution in [3.63, 3.8) is 0 Å². The molecule has 0 bridgehead atoms. The van der Waals surface area contributed by atoms with E-state index in [-0.39, 0.29) is 0 Å². The molecule has 1 aliphatic rings. The predicted molar refractivity (Wildman–Crippen MR) is 74.8 cm³/mol. The number of nitrogens with one attached hydrogen (secondary N) is 2. The van der Waals surface area contributed by atoms with Crippen LogP contribution in [0, 0.1) is 5.92 Å². The third kappa shape index (κ3) is 3.61. The van der Waals surface area contributed by atoms with Gasteiger partial charge in [0, 0.05) is 18.3 Å². The molecule has 2 rings (SSSR count). The molecule has 1 unspecified atom stereocenters. The highest BCUT2D eigenvalue weighted by Gasteiger charge is 2.12. The lowest BCUT2D eigenvalue weighted by Gasteiger charge is -2.23. The number of halogens is 1. The Morgan fingerprint density at radius 1 is 1.53 bits per heavy atom. The molecule has 1 saturated heterocycles. The molecule has 1 heterocycles. The van der Waals surface area contributed by atoms with Gasteiger partial charge < -0.3 is 15.4 Å². The van der Waals surface area contributed by atoms with Crippen LogP contribution in [0.3, 0.4) is 0 Å². The molecular formula is C13H19BrN2O. The zero-order valence-electron chi connectivity index (χ0n) is 10.1. The Kier molecular flexibility index (Phi) is 4.68. The second-order valence-electron chi connectivity index (χ2n) is 4.44. The smallest absolute Gasteiger partial charge is 0.135 e. The van der Waals surface area contributed by atoms with Crippen LogP contribution in [0.4, 0.5) is 5.69 Å². The Bertz CT molecular complexity index is 364. The zero-order valence-corrected chi connectivity index (χ0v) is 11.7. The summed E-state index contributed by atoms with van der Waals surface area (Å²) in [6.07, 6.45) is 2.60. The summed E-state index contributed by atoms with van der Waals surface area (Å²) in [4.78, 5) is 0. The summed E-state index contributed by atoms with van der Waals surface area (Å²) in [6.45, 7) is 3.32. The molecule has 0 radical (unpaired) electrons. The van der Waals surface area contributed by atoms with Gasteiger partial charge in [0.1, 0.15) is 5.75 Å². The number of hydrogen-bond donors (Lipinski definition) is 2. The van der Waals surface area contributed by atoms with Crippen molar-refractivity contribution in [2.75, 3.05) is 32.1 Å². The molecule has 1 aliphatic heterocycles. The van der Waals surface area contributed by atoms with Gasteiger partial charge in [-0.15, -0.1) is 0 Å². The SMILES string of the molecule is COc1cc(NCC2CCCNC2)ccc1Br. The number of methoxy groups -OCH3 is 1. The maximum absolute atomic E-state index is 5.28. The lowest BCUT2D eigenvalue weighted by atomic mass is 10.00. The van der Waals surface area contributed by atoms with E-state index in [1.165, 1.54) is 19.4 Å². The number of anilines is 1. The zero-order chi connectivity index (χ0) is 12.1. The number of rotatable bonds is 4. The van der Waals surface area contributed by atoms with E-state index >= 15 is 0 Å². The summed E-state index contributed by atoms with van der Waals surface area (Å²) in [5, 5.41) is 6.91. The minimum atomic E-state index is 0.735. The number of ether oxygens (including phenoxy) is 1. The normalized spacial score (nSPS) is 20.0. The van der Waals surface area contributed by atoms with Gasteiger partial charge in [0.05, 0.1) is 11.6 Å². The third-order valence-corrected chi connectivity index (χ3v) is 3.80. The molecule has 0 aliphatic carbocycles. The van der Waals surface area contributed by atoms with E-state index in [0.29, 0.717) is 0 Å². The highest BCUT2D eigenvalue weighted by molar-refractivity contribution is 9.10. The first-order valence-electron chi connectivity index (χ1n) is 6.07. The van der Waals surface area contributed by atoms with Crippen LogP contribution >= 0.6 is 15.9 Å². The first kappa shape index (κ1) is 12.7. The summed E-state index contributed by atoms with van der Waals surface area (Å²) in [7, 11) is 1.69. The van der Waals surface area contributed by atoms with Crippen molar-refractivity contribution in [3.05, 3.63) is 22.7 Å². The van der Waals surface area contributed by atoms with E-state index in [9.17, 15) is 0 Å². The van der Waals surface area contributed by atoms with Gasteiger partial charge in [0.15, 0.2) is 0 Å². The Morgan fingerprint density at radius 2 is 2.41 bits per heavy atom. The van der Waals surface area contributed by atoms with Crippen LogP contribution in [-0.2, 0) is 0 Å². The largest absolute Gasteiger partial charge is 0.495 e. The Morgan fingerprint density at radius 3 is 3.12 bits per heavy atom. The molecule has 4 heteroatoms. The first-order chi connectivity index (χ1) is 8.29. The van der Waals surface area contributed by atoms with Crippen molar-refractivity contribution in [2.45, 2.75) is 12.8 Å². The molecule has 1 aromatic carbocycles. The minimum absolute atomic E-state index is 0.735. The Hall–Kier alpha value is -0.740. The van der Waals surface area contributed by atoms with Crippen molar-refractivity contribution >= 4 is 21.6 Å². The molecule has 0 amide bonds. The molecule has 94 valence electrons. The van der Waals surface area contributed by atoms with E-state index in [1.807, 2.05) is 12.1 Å². The fourth-order valence-electron chi connectivity index (χ4n) is 2.13. The van der Waals surface area contributed by atoms with E-state index < -0.39 is 0 Å². The van der Waals surface area contributed by atoms with Gasteiger partial charge in [-0.1, -0.05) is 0 Å². The molecule has 0 spiro atoms. The summed E-state index contributed by atoms with van der Waals surface area (Å²) in [5.74, 6) is 1.61. The molecule has 0 aromatic heterocycles. The molecule has 17 heavy (non-hydrogen) atoms. The second kappa shape index (κ2) is 6.26. The molecule has 0 saturated carbocycles. The quantitative estimate of drug-likeness (QED) is 0.897. The van der Waals surface area contributed by atoms with Crippen LogP contribution in [0.5, 0.6) is 5.75 Å². The molecule has 3 nitrogen and oxygen atoms in total. The van der Waals surface area contributed by atoms with E-state index in [2.05, 4.69) is 32.6 Å². The van der Waals surface area contributed by atoms with Gasteiger partial charge in [-0.2, -0.15) is 0 Å². The van der Waals surface area contributed by atoms with Crippen molar-refractivity contribution in [1.29, 1.82) is 0 Å². The number of hydrogen-bond acceptors (Lipinski definition) is 3. The third-order valence-electron chi connectivity index (χ3n) is 3.14. The van der Waals surface area contributed by atoms with Crippen LogP contribution in [0.15, 0.2) is 22.7 Å². The minimum Gasteiger partial charge on any atom is -0.495 e. The second-order valence-corrected chi connectivity index (χ2v) is 5.30. The average Bonchev–Trinajstić information content (AvgIpc) is 2.39. The standard InChI is InChI=1S/C13H19BrN2O/c1-17-13-7-11(4-5-12(13)14)16-9-10-3-2-6-15-8-10/h4-5,7,10,15-16H,2-3,6,8-9H2,1H3. The van der Waals surface area contributed by atoms with Gasteiger partial charge in [0.25, 0.3) is 0 Å². The van der Waals surface area contributed by atoms with Crippen molar-refractivity contribution in [3.8, 4) is 5.75 Å². The van der Waals surface area contributed by atoms with Crippen LogP contribution in [0.25, 0.3) is 0 Å². The highest BCUT2D eigenvalue weighted by atomic mass is 79.9. The van der Waals surface area contributed by atoms with Crippen LogP contribution in [-0.4, -0.2) is 26.7 Å². The van der Waals surface area contributed by atoms with Gasteiger partial charge in [-0.3, -0.25) is 0 Å².